The van der Waals surface area contributed by atoms with Crippen LogP contribution in [0.3, 0.4) is 0 Å². The standard InChI is InChI=1S/C22H38O4/c1-3-7-11-21(12-8-4-1)25-19-17-23-15-16-24-18-20-26-22-13-9-5-2-6-10-14-22/h1-3,5,21-22H,4,6-20H2/b3-1-,5-2?. The van der Waals surface area contributed by atoms with Crippen LogP contribution < -0.4 is 0 Å². The largest absolute Gasteiger partial charge is 0.377 e. The van der Waals surface area contributed by atoms with E-state index in [0.29, 0.717) is 51.8 Å². The second-order valence-electron chi connectivity index (χ2n) is 7.17. The van der Waals surface area contributed by atoms with Crippen molar-refractivity contribution in [2.45, 2.75) is 76.4 Å². The molecule has 0 saturated carbocycles. The molecule has 2 rings (SSSR count). The van der Waals surface area contributed by atoms with Gasteiger partial charge >= 0.3 is 0 Å². The average molecular weight is 367 g/mol. The fourth-order valence-corrected chi connectivity index (χ4v) is 3.45. The highest BCUT2D eigenvalue weighted by Crippen LogP contribution is 2.16. The van der Waals surface area contributed by atoms with Crippen LogP contribution in [0.2, 0.25) is 0 Å². The van der Waals surface area contributed by atoms with Crippen LogP contribution in [0.25, 0.3) is 0 Å². The van der Waals surface area contributed by atoms with Crippen LogP contribution in [0, 0.1) is 0 Å². The number of hydrogen-bond acceptors (Lipinski definition) is 4. The predicted molar refractivity (Wildman–Crippen MR) is 106 cm³/mol. The summed E-state index contributed by atoms with van der Waals surface area (Å²) >= 11 is 0. The van der Waals surface area contributed by atoms with Gasteiger partial charge in [-0.2, -0.15) is 0 Å². The Morgan fingerprint density at radius 1 is 0.500 bits per heavy atom. The molecule has 0 fully saturated rings. The lowest BCUT2D eigenvalue weighted by Gasteiger charge is -2.19. The number of rotatable bonds is 11. The van der Waals surface area contributed by atoms with E-state index < -0.39 is 0 Å². The van der Waals surface area contributed by atoms with Crippen LogP contribution >= 0.6 is 0 Å². The van der Waals surface area contributed by atoms with Crippen molar-refractivity contribution in [3.63, 3.8) is 0 Å². The van der Waals surface area contributed by atoms with Gasteiger partial charge in [-0.25, -0.2) is 0 Å². The Labute approximate surface area is 159 Å². The van der Waals surface area contributed by atoms with E-state index in [1.165, 1.54) is 38.5 Å². The zero-order valence-corrected chi connectivity index (χ0v) is 16.4. The van der Waals surface area contributed by atoms with Gasteiger partial charge in [0.25, 0.3) is 0 Å². The van der Waals surface area contributed by atoms with Crippen LogP contribution in [0.5, 0.6) is 0 Å². The monoisotopic (exact) mass is 366 g/mol. The molecule has 2 aliphatic rings. The highest BCUT2D eigenvalue weighted by molar-refractivity contribution is 4.86. The minimum atomic E-state index is 0.403. The van der Waals surface area contributed by atoms with Gasteiger partial charge < -0.3 is 18.9 Å². The summed E-state index contributed by atoms with van der Waals surface area (Å²) in [7, 11) is 0. The van der Waals surface area contributed by atoms with Crippen molar-refractivity contribution in [1.82, 2.24) is 0 Å². The first-order valence-electron chi connectivity index (χ1n) is 10.6. The highest BCUT2D eigenvalue weighted by Gasteiger charge is 2.10. The predicted octanol–water partition coefficient (Wildman–Crippen LogP) is 4.83. The summed E-state index contributed by atoms with van der Waals surface area (Å²) < 4.78 is 23.0. The Kier molecular flexibility index (Phi) is 12.8. The molecule has 26 heavy (non-hydrogen) atoms. The van der Waals surface area contributed by atoms with Crippen molar-refractivity contribution in [2.75, 3.05) is 39.6 Å². The summed E-state index contributed by atoms with van der Waals surface area (Å²) in [5.41, 5.74) is 0. The van der Waals surface area contributed by atoms with Crippen LogP contribution in [0.1, 0.15) is 64.2 Å². The van der Waals surface area contributed by atoms with Gasteiger partial charge in [-0.05, 0) is 64.2 Å². The summed E-state index contributed by atoms with van der Waals surface area (Å²) in [6, 6.07) is 0. The van der Waals surface area contributed by atoms with Gasteiger partial charge in [0.15, 0.2) is 0 Å². The maximum absolute atomic E-state index is 5.93. The van der Waals surface area contributed by atoms with E-state index in [9.17, 15) is 0 Å². The molecule has 0 heterocycles. The molecule has 0 N–H and O–H groups in total. The molecule has 0 spiro atoms. The smallest absolute Gasteiger partial charge is 0.0704 e. The fraction of sp³-hybridized carbons (Fsp3) is 0.818. The lowest BCUT2D eigenvalue weighted by Crippen LogP contribution is -2.19. The SMILES string of the molecule is C1=CCCC(OCCOCCOCCOC2CC/C=C\CCC2)CCC1. The van der Waals surface area contributed by atoms with Gasteiger partial charge in [0.2, 0.25) is 0 Å². The summed E-state index contributed by atoms with van der Waals surface area (Å²) in [5, 5.41) is 0. The van der Waals surface area contributed by atoms with E-state index >= 15 is 0 Å². The minimum Gasteiger partial charge on any atom is -0.377 e. The lowest BCUT2D eigenvalue weighted by atomic mass is 10.0. The second-order valence-corrected chi connectivity index (χ2v) is 7.17. The average Bonchev–Trinajstić information content (AvgIpc) is 2.59. The van der Waals surface area contributed by atoms with Crippen LogP contribution in [0.4, 0.5) is 0 Å². The molecule has 4 nitrogen and oxygen atoms in total. The third-order valence-corrected chi connectivity index (χ3v) is 4.97. The zero-order chi connectivity index (χ0) is 18.1. The van der Waals surface area contributed by atoms with Crippen molar-refractivity contribution in [1.29, 1.82) is 0 Å². The molecule has 2 atom stereocenters. The molecular weight excluding hydrogens is 328 g/mol. The summed E-state index contributed by atoms with van der Waals surface area (Å²) in [5.74, 6) is 0. The van der Waals surface area contributed by atoms with Crippen molar-refractivity contribution in [2.24, 2.45) is 0 Å². The summed E-state index contributed by atoms with van der Waals surface area (Å²) in [4.78, 5) is 0. The van der Waals surface area contributed by atoms with Crippen molar-refractivity contribution in [3.8, 4) is 0 Å². The summed E-state index contributed by atoms with van der Waals surface area (Å²) in [6.45, 7) is 3.95. The quantitative estimate of drug-likeness (QED) is 0.388. The number of allylic oxidation sites excluding steroid dienone is 4. The van der Waals surface area contributed by atoms with Gasteiger partial charge in [-0.3, -0.25) is 0 Å². The Balaban J connectivity index is 1.34. The first-order chi connectivity index (χ1) is 12.9. The van der Waals surface area contributed by atoms with Crippen molar-refractivity contribution in [3.05, 3.63) is 24.3 Å². The molecule has 0 aliphatic heterocycles. The molecular formula is C22H38O4. The van der Waals surface area contributed by atoms with Crippen LogP contribution in [-0.4, -0.2) is 51.8 Å². The zero-order valence-electron chi connectivity index (χ0n) is 16.4. The van der Waals surface area contributed by atoms with Gasteiger partial charge in [-0.15, -0.1) is 0 Å². The molecule has 0 radical (unpaired) electrons. The van der Waals surface area contributed by atoms with Crippen LogP contribution in [0.15, 0.2) is 24.3 Å². The summed E-state index contributed by atoms with van der Waals surface area (Å²) in [6.07, 6.45) is 21.7. The molecule has 0 aromatic rings. The van der Waals surface area contributed by atoms with E-state index in [-0.39, 0.29) is 0 Å². The Morgan fingerprint density at radius 3 is 1.42 bits per heavy atom. The normalized spacial score (nSPS) is 25.8. The molecule has 2 aliphatic carbocycles. The third kappa shape index (κ3) is 11.1. The molecule has 0 aromatic heterocycles. The number of hydrogen-bond donors (Lipinski definition) is 0. The Hall–Kier alpha value is -0.680. The molecule has 0 aromatic carbocycles. The minimum absolute atomic E-state index is 0.403. The van der Waals surface area contributed by atoms with Gasteiger partial charge in [0, 0.05) is 0 Å². The Bertz CT molecular complexity index is 344. The van der Waals surface area contributed by atoms with Gasteiger partial charge in [0.1, 0.15) is 0 Å². The van der Waals surface area contributed by atoms with Gasteiger partial charge in [-0.1, -0.05) is 24.3 Å². The van der Waals surface area contributed by atoms with Crippen LogP contribution in [-0.2, 0) is 18.9 Å². The molecule has 0 bridgehead atoms. The van der Waals surface area contributed by atoms with Gasteiger partial charge in [0.05, 0.1) is 51.8 Å². The van der Waals surface area contributed by atoms with E-state index in [2.05, 4.69) is 24.3 Å². The molecule has 0 amide bonds. The molecule has 150 valence electrons. The van der Waals surface area contributed by atoms with E-state index in [1.807, 2.05) is 0 Å². The second kappa shape index (κ2) is 15.4. The van der Waals surface area contributed by atoms with E-state index in [4.69, 9.17) is 18.9 Å². The van der Waals surface area contributed by atoms with Crippen molar-refractivity contribution >= 4 is 0 Å². The van der Waals surface area contributed by atoms with E-state index in [1.54, 1.807) is 0 Å². The topological polar surface area (TPSA) is 36.9 Å². The third-order valence-electron chi connectivity index (χ3n) is 4.97. The maximum Gasteiger partial charge on any atom is 0.0704 e. The highest BCUT2D eigenvalue weighted by atomic mass is 16.6. The first kappa shape index (κ1) is 21.6. The number of ether oxygens (including phenoxy) is 4. The first-order valence-corrected chi connectivity index (χ1v) is 10.6. The molecule has 2 unspecified atom stereocenters. The molecule has 0 saturated heterocycles. The molecule has 4 heteroatoms. The Morgan fingerprint density at radius 2 is 0.923 bits per heavy atom. The van der Waals surface area contributed by atoms with E-state index in [0.717, 1.165) is 25.7 Å². The maximum atomic E-state index is 5.93. The lowest BCUT2D eigenvalue weighted by molar-refractivity contribution is -0.0323. The van der Waals surface area contributed by atoms with Crippen molar-refractivity contribution < 1.29 is 18.9 Å². The fourth-order valence-electron chi connectivity index (χ4n) is 3.45.